The van der Waals surface area contributed by atoms with Crippen LogP contribution in [0.5, 0.6) is 5.75 Å². The van der Waals surface area contributed by atoms with Crippen molar-refractivity contribution in [2.45, 2.75) is 19.9 Å². The Hall–Kier alpha value is -2.56. The largest absolute Gasteiger partial charge is 0.493 e. The molecule has 1 aromatic heterocycles. The van der Waals surface area contributed by atoms with Gasteiger partial charge < -0.3 is 15.8 Å². The Morgan fingerprint density at radius 2 is 2.00 bits per heavy atom. The Balaban J connectivity index is 1.81. The van der Waals surface area contributed by atoms with Crippen LogP contribution in [0.25, 0.3) is 0 Å². The summed E-state index contributed by atoms with van der Waals surface area (Å²) in [6.07, 6.45) is 2.09. The number of ether oxygens (including phenoxy) is 1. The standard InChI is InChI=1S/C16H19N3O2/c1-12-2-3-13(10-18-12)11-19-14-4-6-15(7-5-14)21-9-8-16(17)20/h2-7,10,19H,8-9,11H2,1H3,(H2,17,20). The van der Waals surface area contributed by atoms with Gasteiger partial charge in [-0.1, -0.05) is 6.07 Å². The number of nitrogens with two attached hydrogens (primary N) is 1. The molecule has 2 aromatic rings. The molecule has 0 fully saturated rings. The number of anilines is 1. The lowest BCUT2D eigenvalue weighted by atomic mass is 10.2. The Morgan fingerprint density at radius 3 is 2.62 bits per heavy atom. The van der Waals surface area contributed by atoms with Crippen LogP contribution in [0.3, 0.4) is 0 Å². The number of nitrogens with zero attached hydrogens (tertiary/aromatic N) is 1. The van der Waals surface area contributed by atoms with Crippen molar-refractivity contribution in [3.8, 4) is 5.75 Å². The molecule has 5 nitrogen and oxygen atoms in total. The van der Waals surface area contributed by atoms with E-state index in [1.807, 2.05) is 43.5 Å². The van der Waals surface area contributed by atoms with Crippen molar-refractivity contribution in [2.24, 2.45) is 5.73 Å². The SMILES string of the molecule is Cc1ccc(CNc2ccc(OCCC(N)=O)cc2)cn1. The van der Waals surface area contributed by atoms with Crippen LogP contribution in [-0.4, -0.2) is 17.5 Å². The van der Waals surface area contributed by atoms with E-state index < -0.39 is 0 Å². The second kappa shape index (κ2) is 7.28. The molecule has 3 N–H and O–H groups in total. The van der Waals surface area contributed by atoms with E-state index in [0.717, 1.165) is 29.2 Å². The van der Waals surface area contributed by atoms with Crippen molar-refractivity contribution < 1.29 is 9.53 Å². The fourth-order valence-electron chi connectivity index (χ4n) is 1.75. The highest BCUT2D eigenvalue weighted by molar-refractivity contribution is 5.73. The van der Waals surface area contributed by atoms with Gasteiger partial charge in [0.05, 0.1) is 13.0 Å². The monoisotopic (exact) mass is 285 g/mol. The molecule has 0 saturated heterocycles. The van der Waals surface area contributed by atoms with Crippen LogP contribution < -0.4 is 15.8 Å². The van der Waals surface area contributed by atoms with E-state index >= 15 is 0 Å². The maximum Gasteiger partial charge on any atom is 0.220 e. The number of rotatable bonds is 7. The number of amides is 1. The van der Waals surface area contributed by atoms with Crippen molar-refractivity contribution in [1.82, 2.24) is 4.98 Å². The highest BCUT2D eigenvalue weighted by atomic mass is 16.5. The van der Waals surface area contributed by atoms with E-state index in [0.29, 0.717) is 6.61 Å². The topological polar surface area (TPSA) is 77.2 Å². The first kappa shape index (κ1) is 14.8. The highest BCUT2D eigenvalue weighted by Crippen LogP contribution is 2.16. The zero-order valence-electron chi connectivity index (χ0n) is 12.0. The average Bonchev–Trinajstić information content (AvgIpc) is 2.48. The van der Waals surface area contributed by atoms with Gasteiger partial charge in [0.15, 0.2) is 0 Å². The van der Waals surface area contributed by atoms with Crippen LogP contribution in [0.4, 0.5) is 5.69 Å². The number of hydrogen-bond donors (Lipinski definition) is 2. The number of nitrogens with one attached hydrogen (secondary N) is 1. The van der Waals surface area contributed by atoms with Gasteiger partial charge in [-0.3, -0.25) is 9.78 Å². The summed E-state index contributed by atoms with van der Waals surface area (Å²) in [4.78, 5) is 14.9. The summed E-state index contributed by atoms with van der Waals surface area (Å²) in [5.74, 6) is 0.360. The van der Waals surface area contributed by atoms with Crippen LogP contribution >= 0.6 is 0 Å². The molecule has 1 aromatic carbocycles. The van der Waals surface area contributed by atoms with Crippen LogP contribution in [0, 0.1) is 6.92 Å². The van der Waals surface area contributed by atoms with Crippen molar-refractivity contribution in [3.05, 3.63) is 53.9 Å². The number of hydrogen-bond acceptors (Lipinski definition) is 4. The lowest BCUT2D eigenvalue weighted by Crippen LogP contribution is -2.14. The minimum atomic E-state index is -0.361. The third-order valence-corrected chi connectivity index (χ3v) is 2.94. The highest BCUT2D eigenvalue weighted by Gasteiger charge is 1.98. The van der Waals surface area contributed by atoms with Crippen molar-refractivity contribution >= 4 is 11.6 Å². The molecule has 0 aliphatic heterocycles. The molecular formula is C16H19N3O2. The molecule has 0 unspecified atom stereocenters. The van der Waals surface area contributed by atoms with Crippen LogP contribution in [-0.2, 0) is 11.3 Å². The summed E-state index contributed by atoms with van der Waals surface area (Å²) in [6.45, 7) is 2.99. The molecule has 21 heavy (non-hydrogen) atoms. The fraction of sp³-hybridized carbons (Fsp3) is 0.250. The summed E-state index contributed by atoms with van der Waals surface area (Å²) in [6, 6.07) is 11.6. The number of aromatic nitrogens is 1. The fourth-order valence-corrected chi connectivity index (χ4v) is 1.75. The van der Waals surface area contributed by atoms with Gasteiger partial charge in [0.2, 0.25) is 5.91 Å². The summed E-state index contributed by atoms with van der Waals surface area (Å²) in [5.41, 5.74) is 8.19. The van der Waals surface area contributed by atoms with E-state index in [4.69, 9.17) is 10.5 Å². The van der Waals surface area contributed by atoms with E-state index in [2.05, 4.69) is 16.4 Å². The second-order valence-corrected chi connectivity index (χ2v) is 4.75. The van der Waals surface area contributed by atoms with E-state index in [1.54, 1.807) is 0 Å². The molecule has 2 rings (SSSR count). The normalized spacial score (nSPS) is 10.1. The Morgan fingerprint density at radius 1 is 1.24 bits per heavy atom. The zero-order valence-corrected chi connectivity index (χ0v) is 12.0. The molecule has 1 amide bonds. The van der Waals surface area contributed by atoms with Gasteiger partial charge in [-0.15, -0.1) is 0 Å². The third-order valence-electron chi connectivity index (χ3n) is 2.94. The molecule has 0 radical (unpaired) electrons. The average molecular weight is 285 g/mol. The summed E-state index contributed by atoms with van der Waals surface area (Å²) < 4.78 is 5.41. The summed E-state index contributed by atoms with van der Waals surface area (Å²) in [5, 5.41) is 3.31. The van der Waals surface area contributed by atoms with Gasteiger partial charge in [-0.25, -0.2) is 0 Å². The molecular weight excluding hydrogens is 266 g/mol. The molecule has 0 aliphatic rings. The van der Waals surface area contributed by atoms with Crippen molar-refractivity contribution in [2.75, 3.05) is 11.9 Å². The van der Waals surface area contributed by atoms with Gasteiger partial charge in [-0.05, 0) is 42.8 Å². The first-order valence-corrected chi connectivity index (χ1v) is 6.80. The van der Waals surface area contributed by atoms with E-state index in [9.17, 15) is 4.79 Å². The predicted octanol–water partition coefficient (Wildman–Crippen LogP) is 2.26. The minimum absolute atomic E-state index is 0.223. The maximum absolute atomic E-state index is 10.6. The lowest BCUT2D eigenvalue weighted by molar-refractivity contribution is -0.118. The van der Waals surface area contributed by atoms with Gasteiger partial charge in [0.25, 0.3) is 0 Å². The smallest absolute Gasteiger partial charge is 0.220 e. The molecule has 0 aliphatic carbocycles. The first-order chi connectivity index (χ1) is 10.1. The molecule has 5 heteroatoms. The summed E-state index contributed by atoms with van der Waals surface area (Å²) in [7, 11) is 0. The second-order valence-electron chi connectivity index (χ2n) is 4.75. The minimum Gasteiger partial charge on any atom is -0.493 e. The van der Waals surface area contributed by atoms with E-state index in [-0.39, 0.29) is 12.3 Å². The predicted molar refractivity (Wildman–Crippen MR) is 82.0 cm³/mol. The van der Waals surface area contributed by atoms with Gasteiger partial charge in [-0.2, -0.15) is 0 Å². The number of pyridine rings is 1. The number of carbonyl (C=O) groups is 1. The van der Waals surface area contributed by atoms with Gasteiger partial charge in [0.1, 0.15) is 5.75 Å². The quantitative estimate of drug-likeness (QED) is 0.818. The number of aryl methyl sites for hydroxylation is 1. The molecule has 0 atom stereocenters. The number of carbonyl (C=O) groups excluding carboxylic acids is 1. The molecule has 0 saturated carbocycles. The Labute approximate surface area is 124 Å². The molecule has 0 spiro atoms. The molecule has 0 bridgehead atoms. The van der Waals surface area contributed by atoms with Gasteiger partial charge >= 0.3 is 0 Å². The summed E-state index contributed by atoms with van der Waals surface area (Å²) >= 11 is 0. The third kappa shape index (κ3) is 5.14. The van der Waals surface area contributed by atoms with E-state index in [1.165, 1.54) is 0 Å². The Bertz CT molecular complexity index is 579. The zero-order chi connectivity index (χ0) is 15.1. The molecule has 1 heterocycles. The lowest BCUT2D eigenvalue weighted by Gasteiger charge is -2.08. The van der Waals surface area contributed by atoms with Crippen LogP contribution in [0.1, 0.15) is 17.7 Å². The Kier molecular flexibility index (Phi) is 5.15. The van der Waals surface area contributed by atoms with Crippen molar-refractivity contribution in [1.29, 1.82) is 0 Å². The molecule has 110 valence electrons. The van der Waals surface area contributed by atoms with Crippen LogP contribution in [0.2, 0.25) is 0 Å². The first-order valence-electron chi connectivity index (χ1n) is 6.80. The van der Waals surface area contributed by atoms with Gasteiger partial charge in [0, 0.05) is 24.1 Å². The van der Waals surface area contributed by atoms with Crippen LogP contribution in [0.15, 0.2) is 42.6 Å². The maximum atomic E-state index is 10.6. The van der Waals surface area contributed by atoms with Crippen molar-refractivity contribution in [3.63, 3.8) is 0 Å². The number of primary amides is 1. The number of benzene rings is 1.